The van der Waals surface area contributed by atoms with Gasteiger partial charge in [0.2, 0.25) is 5.91 Å². The molecule has 1 amide bonds. The maximum absolute atomic E-state index is 11.3. The molecule has 1 fully saturated rings. The summed E-state index contributed by atoms with van der Waals surface area (Å²) in [6.07, 6.45) is 7.77. The Morgan fingerprint density at radius 1 is 1.00 bits per heavy atom. The van der Waals surface area contributed by atoms with E-state index in [2.05, 4.69) is 17.3 Å². The lowest BCUT2D eigenvalue weighted by atomic mass is 10.2. The Labute approximate surface area is 93.2 Å². The van der Waals surface area contributed by atoms with Crippen LogP contribution in [0, 0.1) is 0 Å². The molecule has 1 rings (SSSR count). The topological polar surface area (TPSA) is 32.3 Å². The second-order valence-corrected chi connectivity index (χ2v) is 4.52. The number of hydrogen-bond donors (Lipinski definition) is 1. The first-order valence-electron chi connectivity index (χ1n) is 6.24. The zero-order valence-corrected chi connectivity index (χ0v) is 9.93. The summed E-state index contributed by atoms with van der Waals surface area (Å²) >= 11 is 0. The van der Waals surface area contributed by atoms with Crippen LogP contribution in [0.3, 0.4) is 0 Å². The molecule has 1 saturated heterocycles. The summed E-state index contributed by atoms with van der Waals surface area (Å²) in [4.78, 5) is 13.7. The monoisotopic (exact) mass is 212 g/mol. The summed E-state index contributed by atoms with van der Waals surface area (Å²) in [6, 6.07) is 0. The smallest absolute Gasteiger partial charge is 0.219 e. The molecule has 1 N–H and O–H groups in total. The number of carbonyl (C=O) groups is 1. The van der Waals surface area contributed by atoms with Crippen molar-refractivity contribution in [2.45, 2.75) is 44.9 Å². The molecule has 3 nitrogen and oxygen atoms in total. The summed E-state index contributed by atoms with van der Waals surface area (Å²) in [7, 11) is 2.20. The lowest BCUT2D eigenvalue weighted by Crippen LogP contribution is -2.24. The van der Waals surface area contributed by atoms with Gasteiger partial charge in [0.1, 0.15) is 0 Å². The Hall–Kier alpha value is -0.570. The van der Waals surface area contributed by atoms with E-state index >= 15 is 0 Å². The third-order valence-electron chi connectivity index (χ3n) is 2.98. The van der Waals surface area contributed by atoms with Crippen LogP contribution in [0.4, 0.5) is 0 Å². The fraction of sp³-hybridized carbons (Fsp3) is 0.917. The molecule has 1 aliphatic rings. The van der Waals surface area contributed by atoms with Crippen molar-refractivity contribution in [3.05, 3.63) is 0 Å². The summed E-state index contributed by atoms with van der Waals surface area (Å²) in [5, 5.41) is 2.98. The fourth-order valence-electron chi connectivity index (χ4n) is 1.96. The molecule has 0 aliphatic carbocycles. The first-order valence-corrected chi connectivity index (χ1v) is 6.24. The molecule has 88 valence electrons. The molecule has 15 heavy (non-hydrogen) atoms. The molecule has 3 heteroatoms. The second kappa shape index (κ2) is 7.69. The van der Waals surface area contributed by atoms with Gasteiger partial charge in [0, 0.05) is 13.0 Å². The van der Waals surface area contributed by atoms with Crippen LogP contribution in [0.2, 0.25) is 0 Å². The van der Waals surface area contributed by atoms with Crippen LogP contribution in [-0.4, -0.2) is 37.5 Å². The summed E-state index contributed by atoms with van der Waals surface area (Å²) in [5.74, 6) is 0.239. The molecule has 0 radical (unpaired) electrons. The van der Waals surface area contributed by atoms with Gasteiger partial charge in [-0.3, -0.25) is 4.79 Å². The zero-order chi connectivity index (χ0) is 10.9. The second-order valence-electron chi connectivity index (χ2n) is 4.52. The van der Waals surface area contributed by atoms with Crippen molar-refractivity contribution in [3.63, 3.8) is 0 Å². The molecule has 0 aromatic carbocycles. The Morgan fingerprint density at radius 3 is 2.40 bits per heavy atom. The van der Waals surface area contributed by atoms with Crippen LogP contribution in [0.5, 0.6) is 0 Å². The number of rotatable bonds is 0. The van der Waals surface area contributed by atoms with E-state index in [9.17, 15) is 4.79 Å². The Bertz CT molecular complexity index is 182. The van der Waals surface area contributed by atoms with Crippen molar-refractivity contribution < 1.29 is 4.79 Å². The van der Waals surface area contributed by atoms with Gasteiger partial charge >= 0.3 is 0 Å². The third kappa shape index (κ3) is 6.50. The van der Waals surface area contributed by atoms with E-state index in [0.29, 0.717) is 6.42 Å². The molecular formula is C12H24N2O. The standard InChI is InChI=1S/C12H24N2O/c1-14-10-6-2-4-8-12(15)13-9-5-3-7-11-14/h2-11H2,1H3,(H,13,15). The average molecular weight is 212 g/mol. The van der Waals surface area contributed by atoms with Crippen LogP contribution in [-0.2, 0) is 4.79 Å². The van der Waals surface area contributed by atoms with Crippen molar-refractivity contribution in [3.8, 4) is 0 Å². The maximum atomic E-state index is 11.3. The highest BCUT2D eigenvalue weighted by atomic mass is 16.1. The van der Waals surface area contributed by atoms with Crippen molar-refractivity contribution in [2.75, 3.05) is 26.7 Å². The Kier molecular flexibility index (Phi) is 6.41. The molecule has 0 unspecified atom stereocenters. The normalized spacial score (nSPS) is 23.4. The quantitative estimate of drug-likeness (QED) is 0.664. The van der Waals surface area contributed by atoms with Crippen LogP contribution >= 0.6 is 0 Å². The predicted molar refractivity (Wildman–Crippen MR) is 62.8 cm³/mol. The minimum atomic E-state index is 0.239. The van der Waals surface area contributed by atoms with E-state index in [-0.39, 0.29) is 5.91 Å². The van der Waals surface area contributed by atoms with Gasteiger partial charge in [0.05, 0.1) is 0 Å². The molecule has 1 aliphatic heterocycles. The average Bonchev–Trinajstić information content (AvgIpc) is 2.23. The van der Waals surface area contributed by atoms with Gasteiger partial charge in [-0.25, -0.2) is 0 Å². The molecule has 0 atom stereocenters. The molecule has 0 aromatic heterocycles. The van der Waals surface area contributed by atoms with Gasteiger partial charge in [0.25, 0.3) is 0 Å². The van der Waals surface area contributed by atoms with E-state index in [1.807, 2.05) is 0 Å². The summed E-state index contributed by atoms with van der Waals surface area (Å²) in [5.41, 5.74) is 0. The van der Waals surface area contributed by atoms with E-state index in [0.717, 1.165) is 19.4 Å². The summed E-state index contributed by atoms with van der Waals surface area (Å²) < 4.78 is 0. The van der Waals surface area contributed by atoms with Crippen LogP contribution in [0.15, 0.2) is 0 Å². The number of carbonyl (C=O) groups excluding carboxylic acids is 1. The molecule has 0 spiro atoms. The summed E-state index contributed by atoms with van der Waals surface area (Å²) in [6.45, 7) is 3.25. The number of hydrogen-bond acceptors (Lipinski definition) is 2. The minimum Gasteiger partial charge on any atom is -0.356 e. The highest BCUT2D eigenvalue weighted by Crippen LogP contribution is 2.04. The van der Waals surface area contributed by atoms with Gasteiger partial charge in [-0.1, -0.05) is 12.8 Å². The minimum absolute atomic E-state index is 0.239. The molecular weight excluding hydrogens is 188 g/mol. The van der Waals surface area contributed by atoms with Gasteiger partial charge in [-0.05, 0) is 45.8 Å². The lowest BCUT2D eigenvalue weighted by molar-refractivity contribution is -0.121. The lowest BCUT2D eigenvalue weighted by Gasteiger charge is -2.15. The van der Waals surface area contributed by atoms with Crippen LogP contribution in [0.25, 0.3) is 0 Å². The van der Waals surface area contributed by atoms with Gasteiger partial charge in [-0.15, -0.1) is 0 Å². The molecule has 0 saturated carbocycles. The Balaban J connectivity index is 2.23. The van der Waals surface area contributed by atoms with Gasteiger partial charge in [-0.2, -0.15) is 0 Å². The molecule has 0 aromatic rings. The van der Waals surface area contributed by atoms with E-state index in [1.54, 1.807) is 0 Å². The number of nitrogens with one attached hydrogen (secondary N) is 1. The van der Waals surface area contributed by atoms with Crippen LogP contribution < -0.4 is 5.32 Å². The molecule has 1 heterocycles. The van der Waals surface area contributed by atoms with Crippen molar-refractivity contribution >= 4 is 5.91 Å². The first kappa shape index (κ1) is 12.5. The van der Waals surface area contributed by atoms with Crippen molar-refractivity contribution in [1.29, 1.82) is 0 Å². The highest BCUT2D eigenvalue weighted by molar-refractivity contribution is 5.75. The van der Waals surface area contributed by atoms with Gasteiger partial charge in [0.15, 0.2) is 0 Å². The van der Waals surface area contributed by atoms with E-state index in [4.69, 9.17) is 0 Å². The largest absolute Gasteiger partial charge is 0.356 e. The van der Waals surface area contributed by atoms with Gasteiger partial charge < -0.3 is 10.2 Å². The SMILES string of the molecule is CN1CCCCCNC(=O)CCCCC1. The van der Waals surface area contributed by atoms with Crippen LogP contribution in [0.1, 0.15) is 44.9 Å². The fourth-order valence-corrected chi connectivity index (χ4v) is 1.96. The van der Waals surface area contributed by atoms with Crippen molar-refractivity contribution in [2.24, 2.45) is 0 Å². The molecule has 0 bridgehead atoms. The first-order chi connectivity index (χ1) is 7.29. The highest BCUT2D eigenvalue weighted by Gasteiger charge is 2.03. The predicted octanol–water partition coefficient (Wildman–Crippen LogP) is 1.78. The van der Waals surface area contributed by atoms with Crippen molar-refractivity contribution in [1.82, 2.24) is 10.2 Å². The number of amides is 1. The van der Waals surface area contributed by atoms with E-state index in [1.165, 1.54) is 38.8 Å². The third-order valence-corrected chi connectivity index (χ3v) is 2.98. The number of nitrogens with zero attached hydrogens (tertiary/aromatic N) is 1. The maximum Gasteiger partial charge on any atom is 0.219 e. The zero-order valence-electron chi connectivity index (χ0n) is 9.93. The van der Waals surface area contributed by atoms with E-state index < -0.39 is 0 Å². The Morgan fingerprint density at radius 2 is 1.67 bits per heavy atom.